The van der Waals surface area contributed by atoms with Crippen molar-refractivity contribution >= 4 is 16.1 Å². The van der Waals surface area contributed by atoms with Crippen LogP contribution < -0.4 is 9.32 Å². The molecule has 2 N–H and O–H groups in total. The van der Waals surface area contributed by atoms with Crippen molar-refractivity contribution in [3.05, 3.63) is 53.6 Å². The van der Waals surface area contributed by atoms with E-state index < -0.39 is 10.3 Å². The van der Waals surface area contributed by atoms with Gasteiger partial charge in [-0.25, -0.2) is 0 Å². The van der Waals surface area contributed by atoms with Gasteiger partial charge in [-0.2, -0.15) is 13.6 Å². The molecule has 0 bridgehead atoms. The van der Waals surface area contributed by atoms with E-state index in [2.05, 4.69) is 4.18 Å². The molecule has 0 saturated carbocycles. The summed E-state index contributed by atoms with van der Waals surface area (Å²) in [5.74, 6) is -0.118. The summed E-state index contributed by atoms with van der Waals surface area (Å²) in [6.45, 7) is 0. The van der Waals surface area contributed by atoms with E-state index in [0.29, 0.717) is 11.1 Å². The molecular formula is C13H9NO4S. The first kappa shape index (κ1) is 11.9. The van der Waals surface area contributed by atoms with Gasteiger partial charge in [-0.3, -0.25) is 4.79 Å². The van der Waals surface area contributed by atoms with Crippen molar-refractivity contribution in [2.75, 3.05) is 0 Å². The van der Waals surface area contributed by atoms with E-state index in [1.54, 1.807) is 18.2 Å². The molecule has 96 valence electrons. The monoisotopic (exact) mass is 275 g/mol. The standard InChI is InChI=1S/C13H9NO4S/c14-19(16,17)18-8-5-6-10-9-3-1-2-4-11(9)13(15)12(10)7-8/h1-7H,(H2,14,16,17). The van der Waals surface area contributed by atoms with Crippen LogP contribution in [0.3, 0.4) is 0 Å². The molecule has 0 spiro atoms. The molecule has 0 aliphatic heterocycles. The maximum absolute atomic E-state index is 12.2. The van der Waals surface area contributed by atoms with Gasteiger partial charge in [-0.15, -0.1) is 0 Å². The van der Waals surface area contributed by atoms with Gasteiger partial charge in [-0.1, -0.05) is 24.3 Å². The summed E-state index contributed by atoms with van der Waals surface area (Å²) in [4.78, 5) is 12.2. The average molecular weight is 275 g/mol. The number of benzene rings is 2. The Balaban J connectivity index is 2.13. The summed E-state index contributed by atoms with van der Waals surface area (Å²) >= 11 is 0. The molecule has 0 fully saturated rings. The predicted molar refractivity (Wildman–Crippen MR) is 69.0 cm³/mol. The lowest BCUT2D eigenvalue weighted by atomic mass is 10.1. The Morgan fingerprint density at radius 2 is 1.53 bits per heavy atom. The summed E-state index contributed by atoms with van der Waals surface area (Å²) in [5, 5.41) is 4.80. The lowest BCUT2D eigenvalue weighted by Crippen LogP contribution is -2.19. The number of hydrogen-bond donors (Lipinski definition) is 1. The second-order valence-corrected chi connectivity index (χ2v) is 5.31. The minimum atomic E-state index is -4.09. The SMILES string of the molecule is NS(=O)(=O)Oc1ccc2c(c1)C(=O)c1ccccc1-2. The third kappa shape index (κ3) is 2.00. The van der Waals surface area contributed by atoms with Crippen LogP contribution in [0.15, 0.2) is 42.5 Å². The van der Waals surface area contributed by atoms with Crippen LogP contribution in [0.25, 0.3) is 11.1 Å². The van der Waals surface area contributed by atoms with Crippen LogP contribution in [-0.2, 0) is 10.3 Å². The molecular weight excluding hydrogens is 266 g/mol. The fourth-order valence-corrected chi connectivity index (χ4v) is 2.57. The van der Waals surface area contributed by atoms with E-state index in [4.69, 9.17) is 5.14 Å². The first-order chi connectivity index (χ1) is 8.96. The molecule has 0 saturated heterocycles. The quantitative estimate of drug-likeness (QED) is 0.767. The van der Waals surface area contributed by atoms with Crippen LogP contribution in [0.1, 0.15) is 15.9 Å². The van der Waals surface area contributed by atoms with Crippen molar-refractivity contribution in [2.45, 2.75) is 0 Å². The number of fused-ring (bicyclic) bond motifs is 3. The van der Waals surface area contributed by atoms with Gasteiger partial charge in [0, 0.05) is 11.1 Å². The average Bonchev–Trinajstić information content (AvgIpc) is 2.62. The third-order valence-electron chi connectivity index (χ3n) is 2.91. The fraction of sp³-hybridized carbons (Fsp3) is 0. The molecule has 1 aliphatic carbocycles. The highest BCUT2D eigenvalue weighted by molar-refractivity contribution is 7.84. The van der Waals surface area contributed by atoms with Gasteiger partial charge in [0.1, 0.15) is 5.75 Å². The zero-order chi connectivity index (χ0) is 13.6. The van der Waals surface area contributed by atoms with Crippen molar-refractivity contribution in [3.63, 3.8) is 0 Å². The van der Waals surface area contributed by atoms with Gasteiger partial charge in [0.05, 0.1) is 0 Å². The number of ketones is 1. The van der Waals surface area contributed by atoms with Gasteiger partial charge < -0.3 is 4.18 Å². The summed E-state index contributed by atoms with van der Waals surface area (Å²) < 4.78 is 26.3. The van der Waals surface area contributed by atoms with E-state index in [1.165, 1.54) is 12.1 Å². The highest BCUT2D eigenvalue weighted by Gasteiger charge is 2.26. The highest BCUT2D eigenvalue weighted by Crippen LogP contribution is 2.38. The summed E-state index contributed by atoms with van der Waals surface area (Å²) in [6, 6.07) is 11.7. The van der Waals surface area contributed by atoms with Crippen LogP contribution in [0.5, 0.6) is 5.75 Å². The molecule has 0 atom stereocenters. The van der Waals surface area contributed by atoms with Crippen LogP contribution >= 0.6 is 0 Å². The highest BCUT2D eigenvalue weighted by atomic mass is 32.2. The normalized spacial score (nSPS) is 13.0. The summed E-state index contributed by atoms with van der Waals surface area (Å²) in [7, 11) is -4.09. The molecule has 1 aliphatic rings. The summed E-state index contributed by atoms with van der Waals surface area (Å²) in [5.41, 5.74) is 2.62. The van der Waals surface area contributed by atoms with Crippen LogP contribution in [-0.4, -0.2) is 14.2 Å². The first-order valence-electron chi connectivity index (χ1n) is 5.46. The summed E-state index contributed by atoms with van der Waals surface area (Å²) in [6.07, 6.45) is 0. The predicted octanol–water partition coefficient (Wildman–Crippen LogP) is 1.48. The maximum atomic E-state index is 12.2. The third-order valence-corrected chi connectivity index (χ3v) is 3.33. The smallest absolute Gasteiger partial charge is 0.371 e. The molecule has 5 nitrogen and oxygen atoms in total. The molecule has 0 aromatic heterocycles. The lowest BCUT2D eigenvalue weighted by molar-refractivity contribution is 0.104. The zero-order valence-electron chi connectivity index (χ0n) is 9.66. The van der Waals surface area contributed by atoms with Gasteiger partial charge in [0.15, 0.2) is 5.78 Å². The van der Waals surface area contributed by atoms with E-state index >= 15 is 0 Å². The molecule has 3 rings (SSSR count). The Kier molecular flexibility index (Phi) is 2.44. The molecule has 0 amide bonds. The van der Waals surface area contributed by atoms with Gasteiger partial charge in [0.2, 0.25) is 0 Å². The first-order valence-corrected chi connectivity index (χ1v) is 6.93. The Labute approximate surface area is 109 Å². The van der Waals surface area contributed by atoms with Gasteiger partial charge >= 0.3 is 10.3 Å². The Bertz CT molecular complexity index is 796. The molecule has 2 aromatic rings. The van der Waals surface area contributed by atoms with E-state index in [-0.39, 0.29) is 11.5 Å². The second kappa shape index (κ2) is 3.91. The minimum absolute atomic E-state index is 0.0300. The topological polar surface area (TPSA) is 86.5 Å². The fourth-order valence-electron chi connectivity index (χ4n) is 2.19. The van der Waals surface area contributed by atoms with Crippen molar-refractivity contribution < 1.29 is 17.4 Å². The maximum Gasteiger partial charge on any atom is 0.380 e. The molecule has 2 aromatic carbocycles. The molecule has 6 heteroatoms. The van der Waals surface area contributed by atoms with Crippen molar-refractivity contribution in [1.29, 1.82) is 0 Å². The second-order valence-electron chi connectivity index (χ2n) is 4.16. The Hall–Kier alpha value is -2.18. The molecule has 0 unspecified atom stereocenters. The largest absolute Gasteiger partial charge is 0.380 e. The van der Waals surface area contributed by atoms with Crippen molar-refractivity contribution in [1.82, 2.24) is 0 Å². The lowest BCUT2D eigenvalue weighted by Gasteiger charge is -2.04. The van der Waals surface area contributed by atoms with Crippen LogP contribution in [0, 0.1) is 0 Å². The van der Waals surface area contributed by atoms with Crippen LogP contribution in [0.2, 0.25) is 0 Å². The van der Waals surface area contributed by atoms with E-state index in [0.717, 1.165) is 11.1 Å². The molecule has 0 radical (unpaired) electrons. The molecule has 19 heavy (non-hydrogen) atoms. The number of rotatable bonds is 2. The number of carbonyl (C=O) groups is 1. The van der Waals surface area contributed by atoms with Gasteiger partial charge in [0.25, 0.3) is 0 Å². The minimum Gasteiger partial charge on any atom is -0.371 e. The van der Waals surface area contributed by atoms with E-state index in [1.807, 2.05) is 12.1 Å². The van der Waals surface area contributed by atoms with Crippen molar-refractivity contribution in [2.24, 2.45) is 5.14 Å². The number of nitrogens with two attached hydrogens (primary N) is 1. The Morgan fingerprint density at radius 1 is 0.895 bits per heavy atom. The number of carbonyl (C=O) groups excluding carboxylic acids is 1. The van der Waals surface area contributed by atoms with Gasteiger partial charge in [-0.05, 0) is 29.3 Å². The number of hydrogen-bond acceptors (Lipinski definition) is 4. The van der Waals surface area contributed by atoms with E-state index in [9.17, 15) is 13.2 Å². The van der Waals surface area contributed by atoms with Crippen molar-refractivity contribution in [3.8, 4) is 16.9 Å². The Morgan fingerprint density at radius 3 is 2.21 bits per heavy atom. The zero-order valence-corrected chi connectivity index (χ0v) is 10.5. The van der Waals surface area contributed by atoms with Crippen LogP contribution in [0.4, 0.5) is 0 Å². The molecule has 0 heterocycles.